The van der Waals surface area contributed by atoms with Crippen molar-refractivity contribution in [1.29, 1.82) is 5.41 Å². The van der Waals surface area contributed by atoms with Crippen molar-refractivity contribution in [3.05, 3.63) is 101 Å². The smallest absolute Gasteiger partial charge is 0.342 e. The zero-order valence-electron chi connectivity index (χ0n) is 26.9. The Morgan fingerprint density at radius 1 is 0.959 bits per heavy atom. The van der Waals surface area contributed by atoms with Gasteiger partial charge in [-0.05, 0) is 49.7 Å². The van der Waals surface area contributed by atoms with Crippen molar-refractivity contribution >= 4 is 34.8 Å². The number of fused-ring (bicyclic) bond motifs is 1. The van der Waals surface area contributed by atoms with Crippen LogP contribution in [-0.2, 0) is 16.1 Å². The number of benzene rings is 3. The van der Waals surface area contributed by atoms with Crippen LogP contribution in [0.25, 0.3) is 11.2 Å². The standard InChI is InChI=1S/C34H33N7O8/c1-18(42)27(32(44)45)41-19(2)37-26-29(41)38-34(39-30(26)48-23-12-8-11-22(15-23)31(43)40(3)4)49-25-16-21(28(35)36)13-14-24(25)33(46)47-17-20-9-6-5-7-10-20/h5-16,18,27,42H,17H2,1-4H3,(H3,35,36)(H,44,45). The van der Waals surface area contributed by atoms with Crippen molar-refractivity contribution in [1.82, 2.24) is 24.4 Å². The zero-order chi connectivity index (χ0) is 35.4. The first-order valence-electron chi connectivity index (χ1n) is 14.9. The summed E-state index contributed by atoms with van der Waals surface area (Å²) in [5.41, 5.74) is 6.94. The van der Waals surface area contributed by atoms with Crippen molar-refractivity contribution in [3.63, 3.8) is 0 Å². The molecule has 15 heteroatoms. The van der Waals surface area contributed by atoms with Gasteiger partial charge in [-0.1, -0.05) is 42.5 Å². The molecule has 0 aliphatic rings. The van der Waals surface area contributed by atoms with E-state index in [9.17, 15) is 24.6 Å². The van der Waals surface area contributed by atoms with Gasteiger partial charge in [0.15, 0.2) is 17.2 Å². The summed E-state index contributed by atoms with van der Waals surface area (Å²) in [5, 5.41) is 28.4. The molecule has 0 aliphatic carbocycles. The van der Waals surface area contributed by atoms with E-state index < -0.39 is 30.1 Å². The number of aliphatic carboxylic acids is 1. The van der Waals surface area contributed by atoms with Crippen LogP contribution in [-0.4, -0.2) is 78.5 Å². The van der Waals surface area contributed by atoms with Crippen molar-refractivity contribution in [3.8, 4) is 23.4 Å². The van der Waals surface area contributed by atoms with E-state index in [1.165, 1.54) is 47.6 Å². The summed E-state index contributed by atoms with van der Waals surface area (Å²) in [6.07, 6.45) is -1.37. The Labute approximate surface area is 280 Å². The minimum Gasteiger partial charge on any atom is -0.480 e. The first-order valence-corrected chi connectivity index (χ1v) is 14.9. The van der Waals surface area contributed by atoms with Gasteiger partial charge in [-0.3, -0.25) is 14.8 Å². The number of aliphatic hydroxyl groups is 1. The number of imidazole rings is 1. The number of ether oxygens (including phenoxy) is 3. The molecule has 0 aliphatic heterocycles. The number of hydrogen-bond acceptors (Lipinski definition) is 11. The summed E-state index contributed by atoms with van der Waals surface area (Å²) in [5.74, 6) is -2.63. The third kappa shape index (κ3) is 7.47. The van der Waals surface area contributed by atoms with Crippen LogP contribution in [0.3, 0.4) is 0 Å². The molecule has 3 aromatic carbocycles. The molecule has 5 rings (SSSR count). The number of nitrogens with two attached hydrogens (primary N) is 1. The number of nitrogens with one attached hydrogen (secondary N) is 1. The van der Waals surface area contributed by atoms with Gasteiger partial charge in [0.2, 0.25) is 0 Å². The van der Waals surface area contributed by atoms with E-state index in [1.807, 2.05) is 18.2 Å². The van der Waals surface area contributed by atoms with E-state index in [2.05, 4.69) is 15.0 Å². The third-order valence-electron chi connectivity index (χ3n) is 7.28. The lowest BCUT2D eigenvalue weighted by Gasteiger charge is -2.19. The Morgan fingerprint density at radius 3 is 2.35 bits per heavy atom. The Kier molecular flexibility index (Phi) is 9.84. The quantitative estimate of drug-likeness (QED) is 0.0841. The van der Waals surface area contributed by atoms with Crippen LogP contribution >= 0.6 is 0 Å². The van der Waals surface area contributed by atoms with Crippen molar-refractivity contribution < 1.29 is 38.8 Å². The number of carboxylic acids is 1. The fraction of sp³-hybridized carbons (Fsp3) is 0.206. The molecule has 49 heavy (non-hydrogen) atoms. The van der Waals surface area contributed by atoms with Crippen molar-refractivity contribution in [2.24, 2.45) is 5.73 Å². The number of aliphatic hydroxyl groups excluding tert-OH is 1. The number of amides is 1. The maximum atomic E-state index is 13.3. The fourth-order valence-electron chi connectivity index (χ4n) is 4.93. The molecule has 252 valence electrons. The SMILES string of the molecule is Cc1nc2c(Oc3cccc(C(=O)N(C)C)c3)nc(Oc3cc(C(=N)N)ccc3C(=O)OCc3ccccc3)nc2n1C(C(=O)O)C(C)O. The van der Waals surface area contributed by atoms with Gasteiger partial charge in [0.25, 0.3) is 11.8 Å². The molecule has 2 atom stereocenters. The first-order chi connectivity index (χ1) is 23.3. The zero-order valence-corrected chi connectivity index (χ0v) is 26.9. The van der Waals surface area contributed by atoms with Crippen LogP contribution in [0.2, 0.25) is 0 Å². The highest BCUT2D eigenvalue weighted by molar-refractivity contribution is 5.98. The topological polar surface area (TPSA) is 216 Å². The average molecular weight is 668 g/mol. The highest BCUT2D eigenvalue weighted by Crippen LogP contribution is 2.34. The van der Waals surface area contributed by atoms with Crippen LogP contribution < -0.4 is 15.2 Å². The number of rotatable bonds is 12. The average Bonchev–Trinajstić information content (AvgIpc) is 3.38. The minimum atomic E-state index is -1.51. The van der Waals surface area contributed by atoms with Gasteiger partial charge in [0, 0.05) is 25.2 Å². The van der Waals surface area contributed by atoms with E-state index in [4.69, 9.17) is 25.4 Å². The lowest BCUT2D eigenvalue weighted by atomic mass is 10.1. The molecule has 1 amide bonds. The van der Waals surface area contributed by atoms with E-state index in [-0.39, 0.29) is 63.8 Å². The number of aromatic nitrogens is 4. The van der Waals surface area contributed by atoms with Crippen LogP contribution in [0.15, 0.2) is 72.8 Å². The molecule has 0 bridgehead atoms. The number of carbonyl (C=O) groups is 3. The van der Waals surface area contributed by atoms with Crippen LogP contribution in [0.5, 0.6) is 23.4 Å². The number of carboxylic acid groups (broad SMARTS) is 1. The van der Waals surface area contributed by atoms with Crippen LogP contribution in [0, 0.1) is 12.3 Å². The molecular formula is C34H33N7O8. The van der Waals surface area contributed by atoms with Gasteiger partial charge in [0.1, 0.15) is 35.3 Å². The molecule has 2 heterocycles. The monoisotopic (exact) mass is 667 g/mol. The van der Waals surface area contributed by atoms with Gasteiger partial charge in [-0.2, -0.15) is 9.97 Å². The van der Waals surface area contributed by atoms with Gasteiger partial charge in [-0.15, -0.1) is 0 Å². The fourth-order valence-corrected chi connectivity index (χ4v) is 4.93. The Hall–Kier alpha value is -6.35. The second kappa shape index (κ2) is 14.2. The molecule has 0 spiro atoms. The number of esters is 1. The Balaban J connectivity index is 1.63. The summed E-state index contributed by atoms with van der Waals surface area (Å²) in [4.78, 5) is 52.9. The van der Waals surface area contributed by atoms with Crippen LogP contribution in [0.1, 0.15) is 50.6 Å². The summed E-state index contributed by atoms with van der Waals surface area (Å²) in [6, 6.07) is 17.6. The summed E-state index contributed by atoms with van der Waals surface area (Å²) < 4.78 is 18.9. The lowest BCUT2D eigenvalue weighted by molar-refractivity contribution is -0.144. The number of aryl methyl sites for hydroxylation is 1. The molecule has 0 saturated carbocycles. The molecular weight excluding hydrogens is 634 g/mol. The van der Waals surface area contributed by atoms with E-state index in [0.29, 0.717) is 5.56 Å². The van der Waals surface area contributed by atoms with Gasteiger partial charge in [-0.25, -0.2) is 14.6 Å². The molecule has 0 fully saturated rings. The minimum absolute atomic E-state index is 0.0288. The summed E-state index contributed by atoms with van der Waals surface area (Å²) in [6.45, 7) is 2.81. The molecule has 5 aromatic rings. The predicted octanol–water partition coefficient (Wildman–Crippen LogP) is 4.07. The largest absolute Gasteiger partial charge is 0.480 e. The van der Waals surface area contributed by atoms with E-state index in [1.54, 1.807) is 44.4 Å². The lowest BCUT2D eigenvalue weighted by Crippen LogP contribution is -2.30. The van der Waals surface area contributed by atoms with E-state index in [0.717, 1.165) is 5.56 Å². The van der Waals surface area contributed by atoms with E-state index >= 15 is 0 Å². The van der Waals surface area contributed by atoms with Crippen LogP contribution in [0.4, 0.5) is 0 Å². The maximum absolute atomic E-state index is 13.3. The van der Waals surface area contributed by atoms with Gasteiger partial charge < -0.3 is 35.1 Å². The molecule has 0 saturated heterocycles. The second-order valence-electron chi connectivity index (χ2n) is 11.2. The Bertz CT molecular complexity index is 2060. The van der Waals surface area contributed by atoms with Gasteiger partial charge >= 0.3 is 17.9 Å². The number of carbonyl (C=O) groups excluding carboxylic acids is 2. The third-order valence-corrected chi connectivity index (χ3v) is 7.28. The van der Waals surface area contributed by atoms with Gasteiger partial charge in [0.05, 0.1) is 6.10 Å². The maximum Gasteiger partial charge on any atom is 0.342 e. The predicted molar refractivity (Wildman–Crippen MR) is 176 cm³/mol. The molecule has 15 nitrogen and oxygen atoms in total. The second-order valence-corrected chi connectivity index (χ2v) is 11.2. The number of hydrogen-bond donors (Lipinski definition) is 4. The number of nitrogen functional groups attached to an aromatic ring is 1. The molecule has 2 unspecified atom stereocenters. The summed E-state index contributed by atoms with van der Waals surface area (Å²) >= 11 is 0. The highest BCUT2D eigenvalue weighted by Gasteiger charge is 2.31. The normalized spacial score (nSPS) is 12.2. The molecule has 5 N–H and O–H groups in total. The number of amidine groups is 1. The first kappa shape index (κ1) is 34.0. The van der Waals surface area contributed by atoms with Crippen molar-refractivity contribution in [2.75, 3.05) is 14.1 Å². The molecule has 2 aromatic heterocycles. The highest BCUT2D eigenvalue weighted by atomic mass is 16.5. The number of nitrogens with zero attached hydrogens (tertiary/aromatic N) is 5. The molecule has 0 radical (unpaired) electrons. The Morgan fingerprint density at radius 2 is 1.69 bits per heavy atom. The summed E-state index contributed by atoms with van der Waals surface area (Å²) in [7, 11) is 3.22. The van der Waals surface area contributed by atoms with Crippen molar-refractivity contribution in [2.45, 2.75) is 32.6 Å².